The standard InChI is InChI=1S/C24H19N3OS/c1-15-7-10-17(11-8-15)21-14-20(18-12-9-16(2)13-22(18)28-21)26-27-24-25-19-5-3-4-6-23(19)29-24/h3-14H,1-2H3,(H,25,27)/b26-20-. The highest BCUT2D eigenvalue weighted by Crippen LogP contribution is 2.26. The zero-order valence-electron chi connectivity index (χ0n) is 16.1. The molecule has 0 radical (unpaired) electrons. The summed E-state index contributed by atoms with van der Waals surface area (Å²) in [4.78, 5) is 4.60. The van der Waals surface area contributed by atoms with E-state index in [0.29, 0.717) is 0 Å². The first-order chi connectivity index (χ1) is 14.2. The van der Waals surface area contributed by atoms with Crippen LogP contribution in [0.2, 0.25) is 0 Å². The minimum absolute atomic E-state index is 0.768. The van der Waals surface area contributed by atoms with Crippen molar-refractivity contribution in [3.05, 3.63) is 89.3 Å². The molecule has 2 heterocycles. The van der Waals surface area contributed by atoms with E-state index in [1.165, 1.54) is 5.56 Å². The van der Waals surface area contributed by atoms with Gasteiger partial charge in [0.15, 0.2) is 0 Å². The number of benzene rings is 3. The van der Waals surface area contributed by atoms with Gasteiger partial charge in [0.2, 0.25) is 5.13 Å². The maximum atomic E-state index is 6.21. The van der Waals surface area contributed by atoms with E-state index in [9.17, 15) is 0 Å². The minimum atomic E-state index is 0.768. The molecule has 5 aromatic rings. The minimum Gasteiger partial charge on any atom is -0.456 e. The van der Waals surface area contributed by atoms with Gasteiger partial charge in [-0.15, -0.1) is 0 Å². The summed E-state index contributed by atoms with van der Waals surface area (Å²) in [6.45, 7) is 4.14. The zero-order valence-corrected chi connectivity index (χ0v) is 17.0. The van der Waals surface area contributed by atoms with Gasteiger partial charge < -0.3 is 4.42 Å². The lowest BCUT2D eigenvalue weighted by molar-refractivity contribution is 0.618. The number of anilines is 1. The van der Waals surface area contributed by atoms with Gasteiger partial charge in [0.25, 0.3) is 0 Å². The van der Waals surface area contributed by atoms with Crippen molar-refractivity contribution in [1.29, 1.82) is 0 Å². The van der Waals surface area contributed by atoms with Crippen LogP contribution in [0.5, 0.6) is 0 Å². The highest BCUT2D eigenvalue weighted by molar-refractivity contribution is 7.22. The van der Waals surface area contributed by atoms with Crippen molar-refractivity contribution in [1.82, 2.24) is 4.98 Å². The van der Waals surface area contributed by atoms with E-state index < -0.39 is 0 Å². The molecule has 0 saturated carbocycles. The fourth-order valence-corrected chi connectivity index (χ4v) is 4.06. The Kier molecular flexibility index (Phi) is 4.37. The number of rotatable bonds is 3. The van der Waals surface area contributed by atoms with Crippen LogP contribution in [0, 0.1) is 13.8 Å². The molecule has 0 spiro atoms. The molecule has 2 aromatic heterocycles. The van der Waals surface area contributed by atoms with E-state index in [2.05, 4.69) is 65.8 Å². The largest absolute Gasteiger partial charge is 0.456 e. The van der Waals surface area contributed by atoms with Gasteiger partial charge in [0.05, 0.1) is 15.6 Å². The Balaban J connectivity index is 1.64. The molecule has 0 aliphatic carbocycles. The number of hydrogen-bond donors (Lipinski definition) is 1. The zero-order chi connectivity index (χ0) is 19.8. The number of aromatic nitrogens is 1. The molecule has 0 aliphatic heterocycles. The quantitative estimate of drug-likeness (QED) is 0.366. The monoisotopic (exact) mass is 397 g/mol. The van der Waals surface area contributed by atoms with E-state index in [1.54, 1.807) is 11.3 Å². The van der Waals surface area contributed by atoms with Crippen molar-refractivity contribution in [2.24, 2.45) is 5.10 Å². The second kappa shape index (κ2) is 7.18. The Morgan fingerprint density at radius 2 is 1.69 bits per heavy atom. The maximum absolute atomic E-state index is 6.21. The number of hydrogen-bond acceptors (Lipinski definition) is 5. The summed E-state index contributed by atoms with van der Waals surface area (Å²) in [5.41, 5.74) is 8.30. The van der Waals surface area contributed by atoms with Crippen LogP contribution in [0.4, 0.5) is 5.13 Å². The Morgan fingerprint density at radius 1 is 0.897 bits per heavy atom. The first kappa shape index (κ1) is 17.6. The Bertz CT molecular complexity index is 1360. The summed E-state index contributed by atoms with van der Waals surface area (Å²) < 4.78 is 7.34. The smallest absolute Gasteiger partial charge is 0.204 e. The first-order valence-corrected chi connectivity index (χ1v) is 10.2. The molecule has 0 aliphatic rings. The summed E-state index contributed by atoms with van der Waals surface area (Å²) in [5.74, 6) is 0.785. The number of fused-ring (bicyclic) bond motifs is 2. The lowest BCUT2D eigenvalue weighted by Crippen LogP contribution is -2.07. The molecule has 4 nitrogen and oxygen atoms in total. The van der Waals surface area contributed by atoms with E-state index >= 15 is 0 Å². The lowest BCUT2D eigenvalue weighted by atomic mass is 10.1. The molecule has 3 aromatic carbocycles. The van der Waals surface area contributed by atoms with Crippen LogP contribution in [-0.4, -0.2) is 4.98 Å². The van der Waals surface area contributed by atoms with Crippen LogP contribution in [-0.2, 0) is 0 Å². The van der Waals surface area contributed by atoms with Crippen LogP contribution in [0.15, 0.2) is 82.3 Å². The molecule has 5 rings (SSSR count). The highest BCUT2D eigenvalue weighted by atomic mass is 32.1. The average Bonchev–Trinajstić information content (AvgIpc) is 3.15. The Hall–Kier alpha value is -3.44. The fourth-order valence-electron chi connectivity index (χ4n) is 3.26. The third-order valence-corrected chi connectivity index (χ3v) is 5.74. The van der Waals surface area contributed by atoms with Crippen molar-refractivity contribution in [2.75, 3.05) is 5.43 Å². The summed E-state index contributed by atoms with van der Waals surface area (Å²) in [6, 6.07) is 24.5. The normalized spacial score (nSPS) is 12.0. The van der Waals surface area contributed by atoms with E-state index in [4.69, 9.17) is 4.42 Å². The summed E-state index contributed by atoms with van der Waals surface area (Å²) in [6.07, 6.45) is 0. The molecule has 5 heteroatoms. The number of nitrogens with zero attached hydrogens (tertiary/aromatic N) is 2. The van der Waals surface area contributed by atoms with Crippen LogP contribution < -0.4 is 10.8 Å². The topological polar surface area (TPSA) is 50.4 Å². The summed E-state index contributed by atoms with van der Waals surface area (Å²) in [7, 11) is 0. The van der Waals surface area contributed by atoms with E-state index in [1.807, 2.05) is 36.4 Å². The fraction of sp³-hybridized carbons (Fsp3) is 0.0833. The second-order valence-electron chi connectivity index (χ2n) is 7.07. The van der Waals surface area contributed by atoms with Crippen LogP contribution >= 0.6 is 11.3 Å². The Morgan fingerprint density at radius 3 is 2.52 bits per heavy atom. The Labute approximate surface area is 172 Å². The van der Waals surface area contributed by atoms with Gasteiger partial charge in [0, 0.05) is 17.0 Å². The molecule has 0 unspecified atom stereocenters. The summed E-state index contributed by atoms with van der Waals surface area (Å²) in [5, 5.41) is 7.22. The molecule has 0 fully saturated rings. The highest BCUT2D eigenvalue weighted by Gasteiger charge is 2.07. The number of para-hydroxylation sites is 1. The molecular formula is C24H19N3OS. The SMILES string of the molecule is Cc1ccc(-c2c/c(=N/Nc3nc4ccccc4s3)c3ccc(C)cc3o2)cc1. The molecule has 0 amide bonds. The third-order valence-electron chi connectivity index (χ3n) is 4.80. The number of nitrogens with one attached hydrogen (secondary N) is 1. The van der Waals surface area contributed by atoms with Crippen LogP contribution in [0.1, 0.15) is 11.1 Å². The first-order valence-electron chi connectivity index (χ1n) is 9.43. The molecule has 0 saturated heterocycles. The van der Waals surface area contributed by atoms with Gasteiger partial charge >= 0.3 is 0 Å². The second-order valence-corrected chi connectivity index (χ2v) is 8.10. The van der Waals surface area contributed by atoms with Gasteiger partial charge in [-0.05, 0) is 43.7 Å². The van der Waals surface area contributed by atoms with Gasteiger partial charge in [-0.25, -0.2) is 4.98 Å². The number of aryl methyl sites for hydroxylation is 2. The van der Waals surface area contributed by atoms with Crippen molar-refractivity contribution in [3.63, 3.8) is 0 Å². The van der Waals surface area contributed by atoms with Gasteiger partial charge in [-0.2, -0.15) is 5.10 Å². The van der Waals surface area contributed by atoms with Crippen molar-refractivity contribution < 1.29 is 4.42 Å². The molecule has 1 N–H and O–H groups in total. The van der Waals surface area contributed by atoms with Gasteiger partial charge in [-0.1, -0.05) is 59.4 Å². The van der Waals surface area contributed by atoms with Crippen LogP contribution in [0.3, 0.4) is 0 Å². The van der Waals surface area contributed by atoms with E-state index in [0.717, 1.165) is 48.6 Å². The van der Waals surface area contributed by atoms with Crippen molar-refractivity contribution in [3.8, 4) is 11.3 Å². The maximum Gasteiger partial charge on any atom is 0.204 e. The lowest BCUT2D eigenvalue weighted by Gasteiger charge is -2.06. The predicted octanol–water partition coefficient (Wildman–Crippen LogP) is 6.25. The molecule has 142 valence electrons. The molecule has 0 bridgehead atoms. The molecule has 0 atom stereocenters. The third kappa shape index (κ3) is 3.52. The van der Waals surface area contributed by atoms with E-state index in [-0.39, 0.29) is 0 Å². The van der Waals surface area contributed by atoms with Crippen molar-refractivity contribution in [2.45, 2.75) is 13.8 Å². The van der Waals surface area contributed by atoms with Crippen molar-refractivity contribution >= 4 is 37.7 Å². The molecule has 29 heavy (non-hydrogen) atoms. The van der Waals surface area contributed by atoms with Gasteiger partial charge in [0.1, 0.15) is 11.3 Å². The predicted molar refractivity (Wildman–Crippen MR) is 120 cm³/mol. The number of thiazole rings is 1. The van der Waals surface area contributed by atoms with Crippen LogP contribution in [0.25, 0.3) is 32.5 Å². The average molecular weight is 398 g/mol. The molecular weight excluding hydrogens is 378 g/mol. The summed E-state index contributed by atoms with van der Waals surface area (Å²) >= 11 is 1.59. The van der Waals surface area contributed by atoms with Gasteiger partial charge in [-0.3, -0.25) is 5.43 Å².